The molecule has 0 saturated carbocycles. The number of hydrogen-bond acceptors (Lipinski definition) is 8. The van der Waals surface area contributed by atoms with E-state index in [9.17, 15) is 13.2 Å². The number of aromatic nitrogens is 3. The van der Waals surface area contributed by atoms with E-state index in [4.69, 9.17) is 0 Å². The van der Waals surface area contributed by atoms with Crippen LogP contribution in [0.2, 0.25) is 0 Å². The lowest BCUT2D eigenvalue weighted by atomic mass is 9.99. The summed E-state index contributed by atoms with van der Waals surface area (Å²) >= 11 is 2.32. The SMILES string of the molecule is O=C(Nc1nccs1)C1CCCN(S(=O)(=O)c2cccc3nsnc23)C1. The van der Waals surface area contributed by atoms with Gasteiger partial charge in [0.2, 0.25) is 15.9 Å². The summed E-state index contributed by atoms with van der Waals surface area (Å²) in [6.45, 7) is 0.533. The van der Waals surface area contributed by atoms with Crippen molar-refractivity contribution in [2.45, 2.75) is 17.7 Å². The van der Waals surface area contributed by atoms with Crippen molar-refractivity contribution in [3.63, 3.8) is 0 Å². The molecule has 26 heavy (non-hydrogen) atoms. The van der Waals surface area contributed by atoms with Crippen LogP contribution >= 0.6 is 23.1 Å². The molecule has 136 valence electrons. The minimum absolute atomic E-state index is 0.143. The molecule has 2 aromatic heterocycles. The van der Waals surface area contributed by atoms with Gasteiger partial charge in [-0.05, 0) is 25.0 Å². The Hall–Kier alpha value is -1.95. The van der Waals surface area contributed by atoms with Gasteiger partial charge in [0.05, 0.1) is 17.6 Å². The lowest BCUT2D eigenvalue weighted by Gasteiger charge is -2.31. The van der Waals surface area contributed by atoms with Crippen LogP contribution in [0.15, 0.2) is 34.7 Å². The first-order chi connectivity index (χ1) is 12.6. The molecule has 1 atom stereocenters. The highest BCUT2D eigenvalue weighted by molar-refractivity contribution is 7.89. The highest BCUT2D eigenvalue weighted by Gasteiger charge is 2.34. The van der Waals surface area contributed by atoms with E-state index >= 15 is 0 Å². The van der Waals surface area contributed by atoms with Crippen LogP contribution in [-0.4, -0.2) is 45.5 Å². The van der Waals surface area contributed by atoms with E-state index in [1.807, 2.05) is 0 Å². The summed E-state index contributed by atoms with van der Waals surface area (Å²) in [6, 6.07) is 4.93. The number of thiazole rings is 1. The van der Waals surface area contributed by atoms with Crippen molar-refractivity contribution >= 4 is 55.2 Å². The van der Waals surface area contributed by atoms with Crippen molar-refractivity contribution in [2.75, 3.05) is 18.4 Å². The smallest absolute Gasteiger partial charge is 0.245 e. The van der Waals surface area contributed by atoms with Gasteiger partial charge in [-0.3, -0.25) is 4.79 Å². The normalized spacial score (nSPS) is 18.8. The van der Waals surface area contributed by atoms with Crippen LogP contribution in [0.4, 0.5) is 5.13 Å². The molecule has 1 aliphatic rings. The van der Waals surface area contributed by atoms with Crippen molar-refractivity contribution in [3.8, 4) is 0 Å². The Morgan fingerprint density at radius 1 is 1.31 bits per heavy atom. The van der Waals surface area contributed by atoms with E-state index in [1.54, 1.807) is 23.7 Å². The van der Waals surface area contributed by atoms with Crippen molar-refractivity contribution in [1.29, 1.82) is 0 Å². The van der Waals surface area contributed by atoms with E-state index in [0.717, 1.165) is 11.7 Å². The standard InChI is InChI=1S/C15H15N5O3S3/c21-14(17-15-16-6-8-24-15)10-3-2-7-20(9-10)26(22,23)12-5-1-4-11-13(12)19-25-18-11/h1,4-6,8,10H,2-3,7,9H2,(H,16,17,21). The van der Waals surface area contributed by atoms with Crippen LogP contribution in [-0.2, 0) is 14.8 Å². The van der Waals surface area contributed by atoms with Crippen LogP contribution < -0.4 is 5.32 Å². The maximum atomic E-state index is 13.1. The topological polar surface area (TPSA) is 105 Å². The zero-order chi connectivity index (χ0) is 18.1. The summed E-state index contributed by atoms with van der Waals surface area (Å²) in [5.74, 6) is -0.608. The van der Waals surface area contributed by atoms with E-state index in [2.05, 4.69) is 19.0 Å². The molecular weight excluding hydrogens is 394 g/mol. The summed E-state index contributed by atoms with van der Waals surface area (Å²) in [4.78, 5) is 16.6. The maximum Gasteiger partial charge on any atom is 0.245 e. The molecule has 0 bridgehead atoms. The number of nitrogens with one attached hydrogen (secondary N) is 1. The monoisotopic (exact) mass is 409 g/mol. The van der Waals surface area contributed by atoms with Gasteiger partial charge in [-0.25, -0.2) is 13.4 Å². The third-order valence-electron chi connectivity index (χ3n) is 4.28. The first-order valence-corrected chi connectivity index (χ1v) is 11.0. The van der Waals surface area contributed by atoms with E-state index in [1.165, 1.54) is 21.7 Å². The van der Waals surface area contributed by atoms with Gasteiger partial charge in [0, 0.05) is 24.7 Å². The predicted octanol–water partition coefficient (Wildman–Crippen LogP) is 2.19. The van der Waals surface area contributed by atoms with Crippen molar-refractivity contribution in [3.05, 3.63) is 29.8 Å². The molecule has 0 aliphatic carbocycles. The zero-order valence-electron chi connectivity index (χ0n) is 13.5. The van der Waals surface area contributed by atoms with E-state index < -0.39 is 15.9 Å². The Balaban J connectivity index is 1.57. The van der Waals surface area contributed by atoms with Crippen LogP contribution in [0.25, 0.3) is 11.0 Å². The number of anilines is 1. The predicted molar refractivity (Wildman–Crippen MR) is 99.6 cm³/mol. The van der Waals surface area contributed by atoms with Gasteiger partial charge in [-0.2, -0.15) is 13.1 Å². The minimum Gasteiger partial charge on any atom is -0.302 e. The first kappa shape index (κ1) is 17.5. The third kappa shape index (κ3) is 3.22. The summed E-state index contributed by atoms with van der Waals surface area (Å²) in [5.41, 5.74) is 0.943. The fraction of sp³-hybridized carbons (Fsp3) is 0.333. The summed E-state index contributed by atoms with van der Waals surface area (Å²) in [5, 5.41) is 5.05. The molecule has 0 spiro atoms. The lowest BCUT2D eigenvalue weighted by Crippen LogP contribution is -2.43. The summed E-state index contributed by atoms with van der Waals surface area (Å²) in [6.07, 6.45) is 2.88. The summed E-state index contributed by atoms with van der Waals surface area (Å²) in [7, 11) is -3.74. The molecule has 8 nitrogen and oxygen atoms in total. The van der Waals surface area contributed by atoms with Gasteiger partial charge in [0.25, 0.3) is 0 Å². The quantitative estimate of drug-likeness (QED) is 0.708. The molecule has 1 unspecified atom stereocenters. The van der Waals surface area contributed by atoms with Crippen LogP contribution in [0, 0.1) is 5.92 Å². The van der Waals surface area contributed by atoms with Crippen molar-refractivity contribution < 1.29 is 13.2 Å². The number of rotatable bonds is 4. The van der Waals surface area contributed by atoms with Crippen LogP contribution in [0.5, 0.6) is 0 Å². The number of carbonyl (C=O) groups excluding carboxylic acids is 1. The van der Waals surface area contributed by atoms with E-state index in [-0.39, 0.29) is 17.3 Å². The average molecular weight is 410 g/mol. The number of hydrogen-bond donors (Lipinski definition) is 1. The first-order valence-electron chi connectivity index (χ1n) is 7.97. The molecule has 0 radical (unpaired) electrons. The molecular formula is C15H15N5O3S3. The molecule has 1 saturated heterocycles. The average Bonchev–Trinajstić information content (AvgIpc) is 3.32. The van der Waals surface area contributed by atoms with Crippen molar-refractivity contribution in [1.82, 2.24) is 18.0 Å². The molecule has 3 heterocycles. The second kappa shape index (κ2) is 6.99. The third-order valence-corrected chi connectivity index (χ3v) is 7.41. The van der Waals surface area contributed by atoms with Gasteiger partial charge in [0.1, 0.15) is 15.9 Å². The molecule has 11 heteroatoms. The fourth-order valence-electron chi connectivity index (χ4n) is 3.00. The Morgan fingerprint density at radius 2 is 2.19 bits per heavy atom. The van der Waals surface area contributed by atoms with Gasteiger partial charge < -0.3 is 5.32 Å². The number of benzene rings is 1. The highest BCUT2D eigenvalue weighted by atomic mass is 32.2. The Kier molecular flexibility index (Phi) is 4.69. The Labute approximate surface area is 158 Å². The molecule has 1 amide bonds. The fourth-order valence-corrected chi connectivity index (χ4v) is 5.80. The van der Waals surface area contributed by atoms with Gasteiger partial charge in [-0.15, -0.1) is 11.3 Å². The number of piperidine rings is 1. The number of sulfonamides is 1. The Morgan fingerprint density at radius 3 is 3.00 bits per heavy atom. The van der Waals surface area contributed by atoms with Crippen LogP contribution in [0.1, 0.15) is 12.8 Å². The summed E-state index contributed by atoms with van der Waals surface area (Å²) < 4.78 is 35.8. The molecule has 1 fully saturated rings. The molecule has 4 rings (SSSR count). The second-order valence-electron chi connectivity index (χ2n) is 5.92. The molecule has 3 aromatic rings. The van der Waals surface area contributed by atoms with Crippen molar-refractivity contribution in [2.24, 2.45) is 5.92 Å². The number of nitrogens with zero attached hydrogens (tertiary/aromatic N) is 4. The maximum absolute atomic E-state index is 13.1. The molecule has 1 aromatic carbocycles. The highest BCUT2D eigenvalue weighted by Crippen LogP contribution is 2.28. The molecule has 1 N–H and O–H groups in total. The number of fused-ring (bicyclic) bond motifs is 1. The van der Waals surface area contributed by atoms with Gasteiger partial charge in [0.15, 0.2) is 5.13 Å². The van der Waals surface area contributed by atoms with Gasteiger partial charge in [-0.1, -0.05) is 6.07 Å². The van der Waals surface area contributed by atoms with Crippen LogP contribution in [0.3, 0.4) is 0 Å². The zero-order valence-corrected chi connectivity index (χ0v) is 16.0. The second-order valence-corrected chi connectivity index (χ2v) is 9.25. The molecule has 1 aliphatic heterocycles. The lowest BCUT2D eigenvalue weighted by molar-refractivity contribution is -0.120. The van der Waals surface area contributed by atoms with Gasteiger partial charge >= 0.3 is 0 Å². The Bertz CT molecular complexity index is 1030. The largest absolute Gasteiger partial charge is 0.302 e. The number of amides is 1. The van der Waals surface area contributed by atoms with E-state index in [0.29, 0.717) is 35.6 Å². The number of carbonyl (C=O) groups is 1. The minimum atomic E-state index is -3.74.